The van der Waals surface area contributed by atoms with Crippen molar-refractivity contribution in [2.24, 2.45) is 5.92 Å². The van der Waals surface area contributed by atoms with Crippen LogP contribution < -0.4 is 10.0 Å². The number of hydrogen-bond donors (Lipinski definition) is 2. The second kappa shape index (κ2) is 9.68. The summed E-state index contributed by atoms with van der Waals surface area (Å²) in [6, 6.07) is 0. The van der Waals surface area contributed by atoms with E-state index in [-0.39, 0.29) is 0 Å². The minimum Gasteiger partial charge on any atom is -0.381 e. The molecule has 1 unspecified atom stereocenters. The van der Waals surface area contributed by atoms with Crippen molar-refractivity contribution in [3.8, 4) is 0 Å². The predicted molar refractivity (Wildman–Crippen MR) is 80.9 cm³/mol. The van der Waals surface area contributed by atoms with Gasteiger partial charge in [-0.15, -0.1) is 0 Å². The van der Waals surface area contributed by atoms with Crippen LogP contribution in [0.2, 0.25) is 0 Å². The van der Waals surface area contributed by atoms with Gasteiger partial charge in [0, 0.05) is 32.8 Å². The molecular weight excluding hydrogens is 278 g/mol. The zero-order valence-electron chi connectivity index (χ0n) is 12.7. The van der Waals surface area contributed by atoms with Crippen LogP contribution in [0.5, 0.6) is 0 Å². The average Bonchev–Trinajstić information content (AvgIpc) is 2.43. The van der Waals surface area contributed by atoms with Gasteiger partial charge in [0.2, 0.25) is 0 Å². The zero-order chi connectivity index (χ0) is 14.8. The van der Waals surface area contributed by atoms with Crippen molar-refractivity contribution in [3.63, 3.8) is 0 Å². The lowest BCUT2D eigenvalue weighted by Gasteiger charge is -2.31. The molecule has 0 aromatic rings. The first-order valence-electron chi connectivity index (χ1n) is 7.57. The Kier molecular flexibility index (Phi) is 8.63. The van der Waals surface area contributed by atoms with Crippen LogP contribution in [0.15, 0.2) is 0 Å². The summed E-state index contributed by atoms with van der Waals surface area (Å²) in [6.45, 7) is 5.96. The van der Waals surface area contributed by atoms with Crippen LogP contribution in [0.25, 0.3) is 0 Å². The smallest absolute Gasteiger partial charge is 0.279 e. The highest BCUT2D eigenvalue weighted by Crippen LogP contribution is 2.17. The summed E-state index contributed by atoms with van der Waals surface area (Å²) in [5.41, 5.74) is 0. The second-order valence-electron chi connectivity index (χ2n) is 5.29. The van der Waals surface area contributed by atoms with Crippen molar-refractivity contribution in [2.75, 3.05) is 46.4 Å². The molecule has 1 fully saturated rings. The van der Waals surface area contributed by atoms with E-state index in [4.69, 9.17) is 4.74 Å². The summed E-state index contributed by atoms with van der Waals surface area (Å²) in [7, 11) is -1.42. The molecule has 0 saturated carbocycles. The molecule has 0 aromatic heterocycles. The van der Waals surface area contributed by atoms with Gasteiger partial charge in [-0.25, -0.2) is 4.72 Å². The molecule has 1 saturated heterocycles. The summed E-state index contributed by atoms with van der Waals surface area (Å²) >= 11 is 0. The highest BCUT2D eigenvalue weighted by Gasteiger charge is 2.27. The molecule has 1 rings (SSSR count). The first-order chi connectivity index (χ1) is 9.60. The molecule has 6 nitrogen and oxygen atoms in total. The van der Waals surface area contributed by atoms with E-state index in [1.165, 1.54) is 0 Å². The van der Waals surface area contributed by atoms with Gasteiger partial charge in [-0.05, 0) is 45.2 Å². The number of ether oxygens (including phenoxy) is 1. The number of hydrogen-bond acceptors (Lipinski definition) is 4. The summed E-state index contributed by atoms with van der Waals surface area (Å²) in [5.74, 6) is 0.415. The summed E-state index contributed by atoms with van der Waals surface area (Å²) in [5, 5.41) is 3.12. The molecule has 1 aliphatic rings. The molecule has 1 heterocycles. The maximum atomic E-state index is 12.2. The fourth-order valence-corrected chi connectivity index (χ4v) is 3.77. The highest BCUT2D eigenvalue weighted by molar-refractivity contribution is 7.87. The van der Waals surface area contributed by atoms with Crippen molar-refractivity contribution < 1.29 is 13.2 Å². The van der Waals surface area contributed by atoms with Crippen molar-refractivity contribution in [1.82, 2.24) is 14.3 Å². The molecule has 0 amide bonds. The molecule has 0 bridgehead atoms. The Hall–Kier alpha value is -0.210. The Morgan fingerprint density at radius 1 is 1.35 bits per heavy atom. The van der Waals surface area contributed by atoms with Gasteiger partial charge in [-0.3, -0.25) is 0 Å². The van der Waals surface area contributed by atoms with Crippen LogP contribution in [0, 0.1) is 5.92 Å². The monoisotopic (exact) mass is 307 g/mol. The highest BCUT2D eigenvalue weighted by atomic mass is 32.2. The van der Waals surface area contributed by atoms with Crippen molar-refractivity contribution in [1.29, 1.82) is 0 Å². The molecule has 20 heavy (non-hydrogen) atoms. The Morgan fingerprint density at radius 2 is 2.15 bits per heavy atom. The van der Waals surface area contributed by atoms with Gasteiger partial charge in [-0.2, -0.15) is 12.7 Å². The van der Waals surface area contributed by atoms with Gasteiger partial charge < -0.3 is 10.1 Å². The van der Waals surface area contributed by atoms with Gasteiger partial charge in [0.05, 0.1) is 0 Å². The third-order valence-electron chi connectivity index (χ3n) is 3.41. The largest absolute Gasteiger partial charge is 0.381 e. The molecule has 1 aliphatic heterocycles. The average molecular weight is 307 g/mol. The van der Waals surface area contributed by atoms with Crippen LogP contribution in [0.3, 0.4) is 0 Å². The van der Waals surface area contributed by atoms with E-state index < -0.39 is 10.2 Å². The van der Waals surface area contributed by atoms with Gasteiger partial charge in [0.1, 0.15) is 0 Å². The van der Waals surface area contributed by atoms with E-state index in [0.717, 1.165) is 32.4 Å². The molecule has 1 atom stereocenters. The Bertz CT molecular complexity index is 347. The van der Waals surface area contributed by atoms with Gasteiger partial charge in [0.15, 0.2) is 0 Å². The van der Waals surface area contributed by atoms with E-state index in [0.29, 0.717) is 38.6 Å². The SMILES string of the molecule is CCCOCCCNS(=O)(=O)N1CCCC(CNC)C1. The molecule has 0 aromatic carbocycles. The molecular formula is C13H29N3O3S. The van der Waals surface area contributed by atoms with Crippen LogP contribution in [-0.2, 0) is 14.9 Å². The minimum absolute atomic E-state index is 0.415. The first-order valence-corrected chi connectivity index (χ1v) is 9.01. The fourth-order valence-electron chi connectivity index (χ4n) is 2.41. The summed E-state index contributed by atoms with van der Waals surface area (Å²) in [4.78, 5) is 0. The number of piperidine rings is 1. The fraction of sp³-hybridized carbons (Fsp3) is 1.00. The lowest BCUT2D eigenvalue weighted by atomic mass is 10.00. The van der Waals surface area contributed by atoms with E-state index in [2.05, 4.69) is 17.0 Å². The molecule has 2 N–H and O–H groups in total. The maximum absolute atomic E-state index is 12.2. The normalized spacial score (nSPS) is 21.2. The molecule has 120 valence electrons. The van der Waals surface area contributed by atoms with Gasteiger partial charge >= 0.3 is 0 Å². The molecule has 0 aliphatic carbocycles. The van der Waals surface area contributed by atoms with E-state index >= 15 is 0 Å². The topological polar surface area (TPSA) is 70.7 Å². The van der Waals surface area contributed by atoms with E-state index in [1.807, 2.05) is 7.05 Å². The van der Waals surface area contributed by atoms with Crippen LogP contribution >= 0.6 is 0 Å². The standard InChI is InChI=1S/C13H29N3O3S/c1-3-9-19-10-5-7-15-20(17,18)16-8-4-6-13(12-16)11-14-2/h13-15H,3-12H2,1-2H3. The molecule has 0 spiro atoms. The number of nitrogens with zero attached hydrogens (tertiary/aromatic N) is 1. The quantitative estimate of drug-likeness (QED) is 0.579. The lowest BCUT2D eigenvalue weighted by Crippen LogP contribution is -2.47. The maximum Gasteiger partial charge on any atom is 0.279 e. The summed E-state index contributed by atoms with van der Waals surface area (Å²) in [6.07, 6.45) is 3.74. The molecule has 0 radical (unpaired) electrons. The second-order valence-corrected chi connectivity index (χ2v) is 7.04. The van der Waals surface area contributed by atoms with Crippen molar-refractivity contribution in [3.05, 3.63) is 0 Å². The third-order valence-corrected chi connectivity index (χ3v) is 4.99. The van der Waals surface area contributed by atoms with Crippen molar-refractivity contribution >= 4 is 10.2 Å². The summed E-state index contributed by atoms with van der Waals surface area (Å²) < 4.78 is 33.9. The van der Waals surface area contributed by atoms with Gasteiger partial charge in [0.25, 0.3) is 10.2 Å². The molecule has 7 heteroatoms. The van der Waals surface area contributed by atoms with E-state index in [1.54, 1.807) is 4.31 Å². The lowest BCUT2D eigenvalue weighted by molar-refractivity contribution is 0.133. The number of nitrogens with one attached hydrogen (secondary N) is 2. The van der Waals surface area contributed by atoms with Gasteiger partial charge in [-0.1, -0.05) is 6.92 Å². The Balaban J connectivity index is 2.28. The third kappa shape index (κ3) is 6.49. The van der Waals surface area contributed by atoms with Crippen LogP contribution in [-0.4, -0.2) is 59.2 Å². The van der Waals surface area contributed by atoms with Crippen LogP contribution in [0.4, 0.5) is 0 Å². The van der Waals surface area contributed by atoms with E-state index in [9.17, 15) is 8.42 Å². The van der Waals surface area contributed by atoms with Crippen molar-refractivity contribution in [2.45, 2.75) is 32.6 Å². The zero-order valence-corrected chi connectivity index (χ0v) is 13.5. The Labute approximate surface area is 123 Å². The first kappa shape index (κ1) is 17.8. The Morgan fingerprint density at radius 3 is 2.85 bits per heavy atom. The minimum atomic E-state index is -3.33. The predicted octanol–water partition coefficient (Wildman–Crippen LogP) is 0.569. The number of rotatable bonds is 10. The van der Waals surface area contributed by atoms with Crippen LogP contribution in [0.1, 0.15) is 32.6 Å².